The molecule has 3 heteroatoms. The smallest absolute Gasteiger partial charge is 0.0700 e. The second kappa shape index (κ2) is 5.58. The maximum Gasteiger partial charge on any atom is 0.0700 e. The van der Waals surface area contributed by atoms with Crippen molar-refractivity contribution in [3.8, 4) is 0 Å². The normalized spacial score (nSPS) is 11.5. The lowest BCUT2D eigenvalue weighted by atomic mass is 10.2. The Labute approximate surface area is 134 Å². The average molecular weight is 306 g/mol. The van der Waals surface area contributed by atoms with Crippen molar-refractivity contribution in [3.63, 3.8) is 0 Å². The molecule has 0 aliphatic carbocycles. The summed E-state index contributed by atoms with van der Waals surface area (Å²) in [4.78, 5) is 1.43. The number of rotatable bonds is 4. The second-order valence-corrected chi connectivity index (χ2v) is 6.71. The Morgan fingerprint density at radius 3 is 2.73 bits per heavy atom. The molecular formula is C19H18N2S. The molecule has 0 spiro atoms. The molecular weight excluding hydrogens is 288 g/mol. The third-order valence-corrected chi connectivity index (χ3v) is 5.29. The zero-order valence-corrected chi connectivity index (χ0v) is 13.4. The minimum atomic E-state index is 0.938. The highest BCUT2D eigenvalue weighted by Crippen LogP contribution is 2.26. The molecule has 0 fully saturated rings. The highest BCUT2D eigenvalue weighted by molar-refractivity contribution is 7.19. The number of para-hydroxylation sites is 1. The Balaban J connectivity index is 1.63. The highest BCUT2D eigenvalue weighted by atomic mass is 32.1. The van der Waals surface area contributed by atoms with Gasteiger partial charge >= 0.3 is 0 Å². The molecule has 0 aliphatic heterocycles. The molecule has 0 aliphatic rings. The lowest BCUT2D eigenvalue weighted by molar-refractivity contribution is 0.629. The molecule has 0 radical (unpaired) electrons. The first kappa shape index (κ1) is 13.5. The van der Waals surface area contributed by atoms with E-state index < -0.39 is 0 Å². The molecule has 0 amide bonds. The number of benzene rings is 2. The van der Waals surface area contributed by atoms with Crippen LogP contribution >= 0.6 is 11.3 Å². The number of fused-ring (bicyclic) bond motifs is 2. The average Bonchev–Trinajstić information content (AvgIpc) is 3.13. The van der Waals surface area contributed by atoms with E-state index in [1.54, 1.807) is 0 Å². The zero-order chi connectivity index (χ0) is 14.9. The summed E-state index contributed by atoms with van der Waals surface area (Å²) in [5.41, 5.74) is 2.45. The first-order valence-corrected chi connectivity index (χ1v) is 8.58. The van der Waals surface area contributed by atoms with Crippen LogP contribution in [0.15, 0.2) is 54.6 Å². The minimum absolute atomic E-state index is 0.938. The SMILES string of the molecule is CCc1nn(CCc2cc3ccccc3s2)c2ccccc12. The van der Waals surface area contributed by atoms with E-state index in [1.807, 2.05) is 11.3 Å². The highest BCUT2D eigenvalue weighted by Gasteiger charge is 2.09. The van der Waals surface area contributed by atoms with E-state index in [-0.39, 0.29) is 0 Å². The first-order chi connectivity index (χ1) is 10.8. The summed E-state index contributed by atoms with van der Waals surface area (Å²) in [7, 11) is 0. The Hall–Kier alpha value is -2.13. The quantitative estimate of drug-likeness (QED) is 0.515. The summed E-state index contributed by atoms with van der Waals surface area (Å²) < 4.78 is 3.54. The minimum Gasteiger partial charge on any atom is -0.264 e. The molecule has 0 saturated carbocycles. The van der Waals surface area contributed by atoms with E-state index in [0.717, 1.165) is 19.4 Å². The Kier molecular flexibility index (Phi) is 3.43. The van der Waals surface area contributed by atoms with Crippen LogP contribution in [0.25, 0.3) is 21.0 Å². The van der Waals surface area contributed by atoms with Crippen LogP contribution in [0.2, 0.25) is 0 Å². The fourth-order valence-corrected chi connectivity index (χ4v) is 4.06. The van der Waals surface area contributed by atoms with Gasteiger partial charge in [-0.2, -0.15) is 5.10 Å². The summed E-state index contributed by atoms with van der Waals surface area (Å²) in [5, 5.41) is 7.44. The number of hydrogen-bond acceptors (Lipinski definition) is 2. The summed E-state index contributed by atoms with van der Waals surface area (Å²) >= 11 is 1.89. The van der Waals surface area contributed by atoms with Crippen molar-refractivity contribution in [2.75, 3.05) is 0 Å². The second-order valence-electron chi connectivity index (χ2n) is 5.54. The summed E-state index contributed by atoms with van der Waals surface area (Å²) in [6.45, 7) is 3.11. The fraction of sp³-hybridized carbons (Fsp3) is 0.211. The van der Waals surface area contributed by atoms with Crippen molar-refractivity contribution >= 4 is 32.3 Å². The van der Waals surface area contributed by atoms with Crippen LogP contribution in [0.3, 0.4) is 0 Å². The molecule has 4 rings (SSSR count). The van der Waals surface area contributed by atoms with Gasteiger partial charge in [-0.25, -0.2) is 0 Å². The van der Waals surface area contributed by atoms with Gasteiger partial charge in [-0.3, -0.25) is 4.68 Å². The van der Waals surface area contributed by atoms with E-state index in [9.17, 15) is 0 Å². The van der Waals surface area contributed by atoms with E-state index in [4.69, 9.17) is 5.10 Å². The summed E-state index contributed by atoms with van der Waals surface area (Å²) in [5.74, 6) is 0. The van der Waals surface area contributed by atoms with E-state index in [1.165, 1.54) is 31.6 Å². The van der Waals surface area contributed by atoms with Crippen molar-refractivity contribution in [2.45, 2.75) is 26.3 Å². The third-order valence-electron chi connectivity index (χ3n) is 4.12. The van der Waals surface area contributed by atoms with Crippen LogP contribution in [0.4, 0.5) is 0 Å². The topological polar surface area (TPSA) is 17.8 Å². The van der Waals surface area contributed by atoms with Gasteiger partial charge in [-0.05, 0) is 30.0 Å². The molecule has 0 unspecified atom stereocenters. The van der Waals surface area contributed by atoms with Crippen LogP contribution in [0.5, 0.6) is 0 Å². The van der Waals surface area contributed by atoms with Crippen molar-refractivity contribution in [1.29, 1.82) is 0 Å². The fourth-order valence-electron chi connectivity index (χ4n) is 3.00. The van der Waals surface area contributed by atoms with Gasteiger partial charge in [0.15, 0.2) is 0 Å². The molecule has 0 N–H and O–H groups in total. The van der Waals surface area contributed by atoms with E-state index in [2.05, 4.69) is 66.2 Å². The van der Waals surface area contributed by atoms with Crippen molar-refractivity contribution in [3.05, 3.63) is 65.2 Å². The number of hydrogen-bond donors (Lipinski definition) is 0. The lowest BCUT2D eigenvalue weighted by Crippen LogP contribution is -2.02. The molecule has 2 heterocycles. The van der Waals surface area contributed by atoms with Crippen LogP contribution < -0.4 is 0 Å². The lowest BCUT2D eigenvalue weighted by Gasteiger charge is -2.01. The van der Waals surface area contributed by atoms with Gasteiger partial charge < -0.3 is 0 Å². The van der Waals surface area contributed by atoms with E-state index in [0.29, 0.717) is 0 Å². The largest absolute Gasteiger partial charge is 0.264 e. The number of nitrogens with zero attached hydrogens (tertiary/aromatic N) is 2. The monoisotopic (exact) mass is 306 g/mol. The molecule has 0 bridgehead atoms. The van der Waals surface area contributed by atoms with Gasteiger partial charge in [0.25, 0.3) is 0 Å². The molecule has 110 valence electrons. The molecule has 4 aromatic rings. The Morgan fingerprint density at radius 1 is 1.05 bits per heavy atom. The Bertz CT molecular complexity index is 900. The zero-order valence-electron chi connectivity index (χ0n) is 12.6. The molecule has 0 atom stereocenters. The molecule has 0 saturated heterocycles. The predicted octanol–water partition coefficient (Wildman–Crippen LogP) is 5.06. The van der Waals surface area contributed by atoms with Gasteiger partial charge in [0, 0.05) is 27.9 Å². The van der Waals surface area contributed by atoms with Gasteiger partial charge in [-0.15, -0.1) is 11.3 Å². The van der Waals surface area contributed by atoms with Crippen LogP contribution in [-0.4, -0.2) is 9.78 Å². The summed E-state index contributed by atoms with van der Waals surface area (Å²) in [6.07, 6.45) is 2.02. The van der Waals surface area contributed by atoms with Crippen LogP contribution in [0.1, 0.15) is 17.5 Å². The van der Waals surface area contributed by atoms with Gasteiger partial charge in [0.1, 0.15) is 0 Å². The van der Waals surface area contributed by atoms with Crippen LogP contribution in [0, 0.1) is 0 Å². The first-order valence-electron chi connectivity index (χ1n) is 7.77. The summed E-state index contributed by atoms with van der Waals surface area (Å²) in [6, 6.07) is 19.5. The number of aryl methyl sites for hydroxylation is 3. The molecule has 22 heavy (non-hydrogen) atoms. The van der Waals surface area contributed by atoms with Crippen molar-refractivity contribution in [2.24, 2.45) is 0 Å². The molecule has 2 aromatic heterocycles. The van der Waals surface area contributed by atoms with Gasteiger partial charge in [0.05, 0.1) is 11.2 Å². The standard InChI is InChI=1S/C19H18N2S/c1-2-17-16-8-4-5-9-18(16)21(20-17)12-11-15-13-14-7-3-6-10-19(14)22-15/h3-10,13H,2,11-12H2,1H3. The van der Waals surface area contributed by atoms with Gasteiger partial charge in [0.2, 0.25) is 0 Å². The molecule has 2 nitrogen and oxygen atoms in total. The maximum atomic E-state index is 4.80. The van der Waals surface area contributed by atoms with Gasteiger partial charge in [-0.1, -0.05) is 43.3 Å². The Morgan fingerprint density at radius 2 is 1.86 bits per heavy atom. The van der Waals surface area contributed by atoms with Crippen molar-refractivity contribution in [1.82, 2.24) is 9.78 Å². The maximum absolute atomic E-state index is 4.80. The predicted molar refractivity (Wildman–Crippen MR) is 94.6 cm³/mol. The molecule has 2 aromatic carbocycles. The number of thiophene rings is 1. The number of aromatic nitrogens is 2. The van der Waals surface area contributed by atoms with Crippen LogP contribution in [-0.2, 0) is 19.4 Å². The third kappa shape index (κ3) is 2.32. The van der Waals surface area contributed by atoms with Crippen molar-refractivity contribution < 1.29 is 0 Å². The van der Waals surface area contributed by atoms with E-state index >= 15 is 0 Å².